The van der Waals surface area contributed by atoms with Gasteiger partial charge in [0, 0.05) is 17.4 Å². The fourth-order valence-corrected chi connectivity index (χ4v) is 2.86. The number of nitrogens with one attached hydrogen (secondary N) is 1. The van der Waals surface area contributed by atoms with Crippen LogP contribution in [0.25, 0.3) is 5.69 Å². The predicted octanol–water partition coefficient (Wildman–Crippen LogP) is 4.33. The van der Waals surface area contributed by atoms with Crippen LogP contribution in [0, 0.1) is 0 Å². The lowest BCUT2D eigenvalue weighted by molar-refractivity contribution is -0.115. The van der Waals surface area contributed by atoms with E-state index in [0.717, 1.165) is 11.3 Å². The van der Waals surface area contributed by atoms with Crippen LogP contribution >= 0.6 is 11.6 Å². The zero-order valence-electron chi connectivity index (χ0n) is 14.5. The molecule has 0 spiro atoms. The Labute approximate surface area is 157 Å². The Morgan fingerprint density at radius 3 is 2.46 bits per heavy atom. The monoisotopic (exact) mass is 370 g/mol. The Morgan fingerprint density at radius 1 is 1.04 bits per heavy atom. The van der Waals surface area contributed by atoms with E-state index in [9.17, 15) is 4.79 Å². The van der Waals surface area contributed by atoms with Gasteiger partial charge in [-0.15, -0.1) is 0 Å². The first-order chi connectivity index (χ1) is 12.6. The van der Waals surface area contributed by atoms with Crippen LogP contribution in [0.2, 0.25) is 5.02 Å². The van der Waals surface area contributed by atoms with E-state index < -0.39 is 0 Å². The van der Waals surface area contributed by atoms with E-state index in [1.165, 1.54) is 0 Å². The van der Waals surface area contributed by atoms with Gasteiger partial charge in [0.1, 0.15) is 0 Å². The summed E-state index contributed by atoms with van der Waals surface area (Å²) in [6, 6.07) is 14.6. The molecule has 0 unspecified atom stereocenters. The summed E-state index contributed by atoms with van der Waals surface area (Å²) in [4.78, 5) is 12.5. The molecule has 134 valence electrons. The minimum absolute atomic E-state index is 0.132. The highest BCUT2D eigenvalue weighted by Crippen LogP contribution is 2.28. The number of carbonyl (C=O) groups excluding carboxylic acids is 1. The molecule has 0 saturated heterocycles. The topological polar surface area (TPSA) is 52.5 Å². The first-order valence-electron chi connectivity index (χ1n) is 8.04. The highest BCUT2D eigenvalue weighted by Gasteiger charge is 2.11. The Hall–Kier alpha value is -2.92. The molecule has 1 amide bonds. The Kier molecular flexibility index (Phi) is 5.49. The number of hydrogen-bond donors (Lipinski definition) is 1. The molecule has 1 aromatic heterocycles. The summed E-state index contributed by atoms with van der Waals surface area (Å²) in [5, 5.41) is 3.55. The summed E-state index contributed by atoms with van der Waals surface area (Å²) in [6.07, 6.45) is 4.01. The minimum atomic E-state index is -0.132. The Balaban J connectivity index is 1.79. The molecule has 1 N–H and O–H groups in total. The molecule has 5 nitrogen and oxygen atoms in total. The quantitative estimate of drug-likeness (QED) is 0.702. The van der Waals surface area contributed by atoms with E-state index in [1.807, 2.05) is 41.2 Å². The summed E-state index contributed by atoms with van der Waals surface area (Å²) < 4.78 is 12.4. The molecule has 0 aliphatic rings. The molecule has 6 heteroatoms. The van der Waals surface area contributed by atoms with Crippen molar-refractivity contribution in [1.29, 1.82) is 0 Å². The first kappa shape index (κ1) is 17.9. The van der Waals surface area contributed by atoms with Gasteiger partial charge in [-0.1, -0.05) is 17.7 Å². The average molecular weight is 371 g/mol. The summed E-state index contributed by atoms with van der Waals surface area (Å²) in [6.45, 7) is 0. The average Bonchev–Trinajstić information content (AvgIpc) is 3.17. The van der Waals surface area contributed by atoms with Crippen molar-refractivity contribution in [3.05, 3.63) is 71.5 Å². The number of methoxy groups -OCH3 is 2. The maximum Gasteiger partial charge on any atom is 0.228 e. The van der Waals surface area contributed by atoms with Gasteiger partial charge in [0.15, 0.2) is 11.5 Å². The van der Waals surface area contributed by atoms with E-state index in [0.29, 0.717) is 22.2 Å². The van der Waals surface area contributed by atoms with Crippen LogP contribution in [0.1, 0.15) is 5.56 Å². The van der Waals surface area contributed by atoms with Gasteiger partial charge in [0.2, 0.25) is 5.91 Å². The molecule has 2 aromatic carbocycles. The zero-order chi connectivity index (χ0) is 18.5. The maximum absolute atomic E-state index is 12.5. The van der Waals surface area contributed by atoms with Crippen LogP contribution in [-0.2, 0) is 11.2 Å². The smallest absolute Gasteiger partial charge is 0.228 e. The Bertz CT molecular complexity index is 907. The number of aromatic nitrogens is 1. The van der Waals surface area contributed by atoms with Gasteiger partial charge in [-0.25, -0.2) is 0 Å². The third-order valence-corrected chi connectivity index (χ3v) is 4.16. The summed E-state index contributed by atoms with van der Waals surface area (Å²) in [5.41, 5.74) is 2.33. The Morgan fingerprint density at radius 2 is 1.77 bits per heavy atom. The second-order valence-electron chi connectivity index (χ2n) is 5.67. The molecule has 3 rings (SSSR count). The predicted molar refractivity (Wildman–Crippen MR) is 103 cm³/mol. The molecule has 1 heterocycles. The molecular formula is C20H19ClN2O3. The molecule has 3 aromatic rings. The van der Waals surface area contributed by atoms with E-state index in [4.69, 9.17) is 21.1 Å². The largest absolute Gasteiger partial charge is 0.493 e. The summed E-state index contributed by atoms with van der Waals surface area (Å²) in [7, 11) is 3.15. The van der Waals surface area contributed by atoms with E-state index in [2.05, 4.69) is 5.32 Å². The molecule has 0 bridgehead atoms. The molecule has 0 radical (unpaired) electrons. The van der Waals surface area contributed by atoms with Gasteiger partial charge in [0.05, 0.1) is 32.0 Å². The van der Waals surface area contributed by atoms with Crippen molar-refractivity contribution >= 4 is 23.2 Å². The fourth-order valence-electron chi connectivity index (χ4n) is 2.69. The summed E-state index contributed by atoms with van der Waals surface area (Å²) >= 11 is 6.11. The molecule has 0 saturated carbocycles. The maximum atomic E-state index is 12.5. The van der Waals surface area contributed by atoms with Gasteiger partial charge in [-0.3, -0.25) is 4.79 Å². The number of carbonyl (C=O) groups is 1. The van der Waals surface area contributed by atoms with Crippen LogP contribution in [0.15, 0.2) is 60.9 Å². The molecule has 26 heavy (non-hydrogen) atoms. The zero-order valence-corrected chi connectivity index (χ0v) is 15.3. The van der Waals surface area contributed by atoms with Gasteiger partial charge >= 0.3 is 0 Å². The molecule has 0 aliphatic heterocycles. The number of halogens is 1. The van der Waals surface area contributed by atoms with Crippen molar-refractivity contribution in [2.24, 2.45) is 0 Å². The number of amides is 1. The SMILES string of the molecule is COc1ccc(CC(=O)Nc2ccc(Cl)cc2-n2cccc2)cc1OC. The van der Waals surface area contributed by atoms with E-state index in [1.54, 1.807) is 38.5 Å². The van der Waals surface area contributed by atoms with Gasteiger partial charge in [0.25, 0.3) is 0 Å². The van der Waals surface area contributed by atoms with Crippen LogP contribution < -0.4 is 14.8 Å². The minimum Gasteiger partial charge on any atom is -0.493 e. The normalized spacial score (nSPS) is 10.4. The highest BCUT2D eigenvalue weighted by atomic mass is 35.5. The number of nitrogens with zero attached hydrogens (tertiary/aromatic N) is 1. The van der Waals surface area contributed by atoms with Crippen molar-refractivity contribution in [2.45, 2.75) is 6.42 Å². The third-order valence-electron chi connectivity index (χ3n) is 3.93. The van der Waals surface area contributed by atoms with Gasteiger partial charge in [-0.2, -0.15) is 0 Å². The molecular weight excluding hydrogens is 352 g/mol. The summed E-state index contributed by atoms with van der Waals surface area (Å²) in [5.74, 6) is 1.09. The lowest BCUT2D eigenvalue weighted by Gasteiger charge is -2.13. The van der Waals surface area contributed by atoms with Gasteiger partial charge in [-0.05, 0) is 48.0 Å². The van der Waals surface area contributed by atoms with Crippen molar-refractivity contribution < 1.29 is 14.3 Å². The standard InChI is InChI=1S/C20H19ClN2O3/c1-25-18-8-5-14(11-19(18)26-2)12-20(24)22-16-7-6-15(21)13-17(16)23-9-3-4-10-23/h3-11,13H,12H2,1-2H3,(H,22,24). The van der Waals surface area contributed by atoms with Crippen molar-refractivity contribution in [3.8, 4) is 17.2 Å². The number of ether oxygens (including phenoxy) is 2. The van der Waals surface area contributed by atoms with Crippen LogP contribution in [-0.4, -0.2) is 24.7 Å². The van der Waals surface area contributed by atoms with Crippen LogP contribution in [0.3, 0.4) is 0 Å². The first-order valence-corrected chi connectivity index (χ1v) is 8.42. The molecule has 0 fully saturated rings. The van der Waals surface area contributed by atoms with Gasteiger partial charge < -0.3 is 19.4 Å². The lowest BCUT2D eigenvalue weighted by atomic mass is 10.1. The molecule has 0 atom stereocenters. The third kappa shape index (κ3) is 4.00. The number of hydrogen-bond acceptors (Lipinski definition) is 3. The number of anilines is 1. The second-order valence-corrected chi connectivity index (χ2v) is 6.10. The van der Waals surface area contributed by atoms with E-state index >= 15 is 0 Å². The number of rotatable bonds is 6. The van der Waals surface area contributed by atoms with Crippen molar-refractivity contribution in [2.75, 3.05) is 19.5 Å². The fraction of sp³-hybridized carbons (Fsp3) is 0.150. The van der Waals surface area contributed by atoms with E-state index in [-0.39, 0.29) is 12.3 Å². The lowest BCUT2D eigenvalue weighted by Crippen LogP contribution is -2.16. The molecule has 0 aliphatic carbocycles. The van der Waals surface area contributed by atoms with Crippen molar-refractivity contribution in [1.82, 2.24) is 4.57 Å². The number of benzene rings is 2. The van der Waals surface area contributed by atoms with Crippen molar-refractivity contribution in [3.63, 3.8) is 0 Å². The second kappa shape index (κ2) is 7.97. The highest BCUT2D eigenvalue weighted by molar-refractivity contribution is 6.30. The van der Waals surface area contributed by atoms with Crippen LogP contribution in [0.4, 0.5) is 5.69 Å². The van der Waals surface area contributed by atoms with Crippen LogP contribution in [0.5, 0.6) is 11.5 Å².